The first-order chi connectivity index (χ1) is 8.09. The van der Waals surface area contributed by atoms with E-state index in [-0.39, 0.29) is 0 Å². The van der Waals surface area contributed by atoms with Gasteiger partial charge < -0.3 is 5.11 Å². The van der Waals surface area contributed by atoms with Crippen LogP contribution < -0.4 is 0 Å². The van der Waals surface area contributed by atoms with E-state index in [4.69, 9.17) is 0 Å². The van der Waals surface area contributed by atoms with Gasteiger partial charge in [0.15, 0.2) is 0 Å². The summed E-state index contributed by atoms with van der Waals surface area (Å²) in [6.45, 7) is 5.87. The Labute approximate surface area is 106 Å². The number of hydrogen-bond acceptors (Lipinski definition) is 3. The van der Waals surface area contributed by atoms with Crippen molar-refractivity contribution in [2.75, 3.05) is 13.1 Å². The van der Waals surface area contributed by atoms with E-state index >= 15 is 0 Å². The van der Waals surface area contributed by atoms with E-state index in [1.165, 1.54) is 11.3 Å². The van der Waals surface area contributed by atoms with E-state index in [9.17, 15) is 9.90 Å². The van der Waals surface area contributed by atoms with Gasteiger partial charge in [0.05, 0.1) is 0 Å². The molecule has 1 saturated heterocycles. The minimum absolute atomic E-state index is 0.444. The molecule has 3 nitrogen and oxygen atoms in total. The van der Waals surface area contributed by atoms with Gasteiger partial charge in [-0.1, -0.05) is 6.42 Å². The molecule has 1 aliphatic heterocycles. The van der Waals surface area contributed by atoms with Gasteiger partial charge in [0.2, 0.25) is 0 Å². The summed E-state index contributed by atoms with van der Waals surface area (Å²) in [7, 11) is 0. The second-order valence-electron chi connectivity index (χ2n) is 4.71. The predicted molar refractivity (Wildman–Crippen MR) is 69.6 cm³/mol. The highest BCUT2D eigenvalue weighted by atomic mass is 32.1. The summed E-state index contributed by atoms with van der Waals surface area (Å²) in [6.07, 6.45) is 3.46. The number of piperidine rings is 1. The van der Waals surface area contributed by atoms with Crippen LogP contribution in [0.15, 0.2) is 6.07 Å². The number of carboxylic acids is 1. The molecule has 1 fully saturated rings. The average molecular weight is 253 g/mol. The molecule has 0 radical (unpaired) electrons. The van der Waals surface area contributed by atoms with E-state index in [1.807, 2.05) is 19.9 Å². The number of carboxylic acid groups (broad SMARTS) is 1. The molecule has 4 heteroatoms. The molecule has 17 heavy (non-hydrogen) atoms. The van der Waals surface area contributed by atoms with Gasteiger partial charge in [0, 0.05) is 9.75 Å². The molecule has 94 valence electrons. The van der Waals surface area contributed by atoms with Crippen LogP contribution in [0.25, 0.3) is 0 Å². The summed E-state index contributed by atoms with van der Waals surface area (Å²) in [5, 5.41) is 9.48. The van der Waals surface area contributed by atoms with Crippen molar-refractivity contribution in [2.24, 2.45) is 0 Å². The second kappa shape index (κ2) is 5.19. The van der Waals surface area contributed by atoms with Crippen LogP contribution in [0.2, 0.25) is 0 Å². The zero-order chi connectivity index (χ0) is 12.4. The molecule has 0 bridgehead atoms. The standard InChI is InChI=1S/C13H19NO2S/c1-9-8-11(10(2)17-9)12(13(15)16)14-6-4-3-5-7-14/h8,12H,3-7H2,1-2H3,(H,15,16). The highest BCUT2D eigenvalue weighted by Gasteiger charge is 2.30. The van der Waals surface area contributed by atoms with Gasteiger partial charge in [-0.15, -0.1) is 11.3 Å². The van der Waals surface area contributed by atoms with E-state index in [0.29, 0.717) is 0 Å². The van der Waals surface area contributed by atoms with Gasteiger partial charge in [0.1, 0.15) is 6.04 Å². The third-order valence-corrected chi connectivity index (χ3v) is 4.35. The zero-order valence-electron chi connectivity index (χ0n) is 10.4. The van der Waals surface area contributed by atoms with Gasteiger partial charge >= 0.3 is 5.97 Å². The molecule has 1 unspecified atom stereocenters. The van der Waals surface area contributed by atoms with Crippen LogP contribution in [0.5, 0.6) is 0 Å². The quantitative estimate of drug-likeness (QED) is 0.900. The highest BCUT2D eigenvalue weighted by molar-refractivity contribution is 7.12. The minimum Gasteiger partial charge on any atom is -0.480 e. The van der Waals surface area contributed by atoms with Gasteiger partial charge in [0.25, 0.3) is 0 Å². The lowest BCUT2D eigenvalue weighted by molar-refractivity contribution is -0.144. The second-order valence-corrected chi connectivity index (χ2v) is 6.17. The number of hydrogen-bond donors (Lipinski definition) is 1. The predicted octanol–water partition coefficient (Wildman–Crippen LogP) is 2.98. The monoisotopic (exact) mass is 253 g/mol. The maximum Gasteiger partial charge on any atom is 0.325 e. The van der Waals surface area contributed by atoms with Crippen molar-refractivity contribution >= 4 is 17.3 Å². The Morgan fingerprint density at radius 1 is 1.35 bits per heavy atom. The molecule has 2 heterocycles. The first kappa shape index (κ1) is 12.6. The summed E-state index contributed by atoms with van der Waals surface area (Å²) >= 11 is 1.69. The van der Waals surface area contributed by atoms with Gasteiger partial charge in [-0.2, -0.15) is 0 Å². The maximum absolute atomic E-state index is 11.5. The number of thiophene rings is 1. The van der Waals surface area contributed by atoms with Crippen molar-refractivity contribution < 1.29 is 9.90 Å². The van der Waals surface area contributed by atoms with Gasteiger partial charge in [-0.3, -0.25) is 9.69 Å². The molecule has 0 aromatic carbocycles. The molecule has 1 aliphatic rings. The summed E-state index contributed by atoms with van der Waals surface area (Å²) in [5.74, 6) is -0.715. The summed E-state index contributed by atoms with van der Waals surface area (Å²) < 4.78 is 0. The zero-order valence-corrected chi connectivity index (χ0v) is 11.2. The third-order valence-electron chi connectivity index (χ3n) is 3.36. The summed E-state index contributed by atoms with van der Waals surface area (Å²) in [6, 6.07) is 1.59. The topological polar surface area (TPSA) is 40.5 Å². The molecule has 0 amide bonds. The molecule has 1 aromatic rings. The van der Waals surface area contributed by atoms with Crippen molar-refractivity contribution in [2.45, 2.75) is 39.2 Å². The number of carbonyl (C=O) groups is 1. The Bertz CT molecular complexity index is 408. The first-order valence-corrected chi connectivity index (χ1v) is 6.95. The Morgan fingerprint density at radius 3 is 2.47 bits per heavy atom. The molecule has 1 N–H and O–H groups in total. The fourth-order valence-electron chi connectivity index (χ4n) is 2.58. The number of rotatable bonds is 3. The largest absolute Gasteiger partial charge is 0.480 e. The summed E-state index contributed by atoms with van der Waals surface area (Å²) in [5.41, 5.74) is 0.988. The number of likely N-dealkylation sites (tertiary alicyclic amines) is 1. The fourth-order valence-corrected chi connectivity index (χ4v) is 3.54. The molecule has 1 aromatic heterocycles. The van der Waals surface area contributed by atoms with Crippen molar-refractivity contribution in [3.8, 4) is 0 Å². The number of aryl methyl sites for hydroxylation is 2. The lowest BCUT2D eigenvalue weighted by Crippen LogP contribution is -2.38. The highest BCUT2D eigenvalue weighted by Crippen LogP contribution is 2.32. The summed E-state index contributed by atoms with van der Waals surface area (Å²) in [4.78, 5) is 16.0. The normalized spacial score (nSPS) is 19.2. The Hall–Kier alpha value is -0.870. The minimum atomic E-state index is -0.715. The van der Waals surface area contributed by atoms with Crippen LogP contribution in [0.3, 0.4) is 0 Å². The van der Waals surface area contributed by atoms with Crippen LogP contribution in [0, 0.1) is 13.8 Å². The van der Waals surface area contributed by atoms with Gasteiger partial charge in [-0.25, -0.2) is 0 Å². The fraction of sp³-hybridized carbons (Fsp3) is 0.615. The Balaban J connectivity index is 2.28. The van der Waals surface area contributed by atoms with Crippen LogP contribution in [-0.4, -0.2) is 29.1 Å². The van der Waals surface area contributed by atoms with Crippen LogP contribution in [0.1, 0.15) is 40.6 Å². The Kier molecular flexibility index (Phi) is 3.84. The lowest BCUT2D eigenvalue weighted by Gasteiger charge is -2.32. The molecule has 1 atom stereocenters. The van der Waals surface area contributed by atoms with E-state index in [0.717, 1.165) is 36.4 Å². The molecule has 0 aliphatic carbocycles. The van der Waals surface area contributed by atoms with Crippen molar-refractivity contribution in [3.63, 3.8) is 0 Å². The van der Waals surface area contributed by atoms with E-state index < -0.39 is 12.0 Å². The van der Waals surface area contributed by atoms with Crippen molar-refractivity contribution in [3.05, 3.63) is 21.4 Å². The SMILES string of the molecule is Cc1cc(C(C(=O)O)N2CCCCC2)c(C)s1. The maximum atomic E-state index is 11.5. The van der Waals surface area contributed by atoms with Crippen LogP contribution in [-0.2, 0) is 4.79 Å². The molecule has 2 rings (SSSR count). The molecular formula is C13H19NO2S. The molecular weight excluding hydrogens is 234 g/mol. The van der Waals surface area contributed by atoms with Crippen molar-refractivity contribution in [1.29, 1.82) is 0 Å². The van der Waals surface area contributed by atoms with Crippen molar-refractivity contribution in [1.82, 2.24) is 4.90 Å². The number of nitrogens with zero attached hydrogens (tertiary/aromatic N) is 1. The first-order valence-electron chi connectivity index (χ1n) is 6.13. The molecule has 0 spiro atoms. The van der Waals surface area contributed by atoms with Gasteiger partial charge in [-0.05, 0) is 51.4 Å². The number of aliphatic carboxylic acids is 1. The van der Waals surface area contributed by atoms with Crippen LogP contribution >= 0.6 is 11.3 Å². The van der Waals surface area contributed by atoms with E-state index in [2.05, 4.69) is 4.90 Å². The third kappa shape index (κ3) is 2.69. The lowest BCUT2D eigenvalue weighted by atomic mass is 10.0. The smallest absolute Gasteiger partial charge is 0.325 e. The van der Waals surface area contributed by atoms with Crippen LogP contribution in [0.4, 0.5) is 0 Å². The molecule has 0 saturated carbocycles. The van der Waals surface area contributed by atoms with E-state index in [1.54, 1.807) is 11.3 Å². The Morgan fingerprint density at radius 2 is 2.00 bits per heavy atom. The average Bonchev–Trinajstić information content (AvgIpc) is 2.59.